The number of aryl methyl sites for hydroxylation is 2. The molecule has 0 atom stereocenters. The number of hydrogen-bond donors (Lipinski definition) is 0. The number of nitro groups is 1. The van der Waals surface area contributed by atoms with Crippen molar-refractivity contribution in [1.29, 1.82) is 0 Å². The Kier molecular flexibility index (Phi) is 3.88. The zero-order valence-corrected chi connectivity index (χ0v) is 12.8. The predicted molar refractivity (Wildman–Crippen MR) is 83.3 cm³/mol. The van der Waals surface area contributed by atoms with Crippen LogP contribution in [-0.4, -0.2) is 31.0 Å². The van der Waals surface area contributed by atoms with Crippen molar-refractivity contribution in [2.24, 2.45) is 7.05 Å². The van der Waals surface area contributed by atoms with Crippen molar-refractivity contribution in [2.45, 2.75) is 13.3 Å². The van der Waals surface area contributed by atoms with Gasteiger partial charge in [-0.15, -0.1) is 0 Å². The fourth-order valence-electron chi connectivity index (χ4n) is 2.24. The minimum absolute atomic E-state index is 0.0799. The van der Waals surface area contributed by atoms with Crippen molar-refractivity contribution in [3.05, 3.63) is 52.1 Å². The number of non-ortho nitro benzene ring substituents is 1. The maximum absolute atomic E-state index is 10.6. The van der Waals surface area contributed by atoms with Crippen LogP contribution in [0.1, 0.15) is 11.4 Å². The first-order valence-corrected chi connectivity index (χ1v) is 7.06. The van der Waals surface area contributed by atoms with E-state index in [-0.39, 0.29) is 5.69 Å². The number of nitro benzene ring substituents is 1. The highest BCUT2D eigenvalue weighted by atomic mass is 16.6. The molecule has 0 aliphatic rings. The normalized spacial score (nSPS) is 10.9. The Morgan fingerprint density at radius 1 is 1.26 bits per heavy atom. The fourth-order valence-corrected chi connectivity index (χ4v) is 2.24. The molecule has 0 spiro atoms. The molecule has 0 aliphatic heterocycles. The minimum atomic E-state index is -0.415. The molecule has 0 radical (unpaired) electrons. The van der Waals surface area contributed by atoms with Gasteiger partial charge in [-0.1, -0.05) is 12.1 Å². The highest BCUT2D eigenvalue weighted by molar-refractivity contribution is 5.76. The number of benzene rings is 1. The molecule has 1 aromatic carbocycles. The quantitative estimate of drug-likeness (QED) is 0.529. The van der Waals surface area contributed by atoms with Crippen molar-refractivity contribution >= 4 is 16.9 Å². The van der Waals surface area contributed by atoms with E-state index in [1.54, 1.807) is 25.4 Å². The topological polar surface area (TPSA) is 96.0 Å². The fraction of sp³-hybridized carbons (Fsp3) is 0.267. The third-order valence-electron chi connectivity index (χ3n) is 3.42. The lowest BCUT2D eigenvalue weighted by atomic mass is 10.1. The average molecular weight is 313 g/mol. The molecule has 118 valence electrons. The summed E-state index contributed by atoms with van der Waals surface area (Å²) < 4.78 is 7.55. The van der Waals surface area contributed by atoms with Crippen LogP contribution in [0.15, 0.2) is 30.6 Å². The van der Waals surface area contributed by atoms with Gasteiger partial charge >= 0.3 is 0 Å². The van der Waals surface area contributed by atoms with Crippen LogP contribution in [0.3, 0.4) is 0 Å². The number of fused-ring (bicyclic) bond motifs is 1. The Labute approximate surface area is 131 Å². The summed E-state index contributed by atoms with van der Waals surface area (Å²) >= 11 is 0. The maximum atomic E-state index is 10.6. The van der Waals surface area contributed by atoms with Crippen LogP contribution < -0.4 is 4.74 Å². The van der Waals surface area contributed by atoms with Crippen molar-refractivity contribution in [1.82, 2.24) is 19.5 Å². The molecule has 8 nitrogen and oxygen atoms in total. The van der Waals surface area contributed by atoms with Gasteiger partial charge in [0.25, 0.3) is 5.69 Å². The summed E-state index contributed by atoms with van der Waals surface area (Å²) in [5.41, 5.74) is 2.39. The van der Waals surface area contributed by atoms with Crippen LogP contribution in [0.4, 0.5) is 5.69 Å². The first kappa shape index (κ1) is 14.9. The smallest absolute Gasteiger partial charge is 0.269 e. The molecule has 0 saturated carbocycles. The van der Waals surface area contributed by atoms with Gasteiger partial charge in [-0.25, -0.2) is 9.97 Å². The molecule has 0 saturated heterocycles. The zero-order valence-electron chi connectivity index (χ0n) is 12.8. The van der Waals surface area contributed by atoms with Crippen LogP contribution in [0.5, 0.6) is 5.88 Å². The summed E-state index contributed by atoms with van der Waals surface area (Å²) in [6.45, 7) is 2.20. The van der Waals surface area contributed by atoms with Crippen molar-refractivity contribution in [3.63, 3.8) is 0 Å². The summed E-state index contributed by atoms with van der Waals surface area (Å²) in [6.07, 6.45) is 2.29. The van der Waals surface area contributed by atoms with E-state index in [9.17, 15) is 10.1 Å². The SMILES string of the molecule is Cc1nc(OCCc2ccc([N+](=O)[O-])cc2)c2ncn(C)c2n1. The van der Waals surface area contributed by atoms with E-state index in [4.69, 9.17) is 4.74 Å². The standard InChI is InChI=1S/C15H15N5O3/c1-10-17-14-13(16-9-19(14)2)15(18-10)23-8-7-11-3-5-12(6-4-11)20(21)22/h3-6,9H,7-8H2,1-2H3. The molecule has 23 heavy (non-hydrogen) atoms. The summed E-state index contributed by atoms with van der Waals surface area (Å²) in [6, 6.07) is 6.43. The lowest BCUT2D eigenvalue weighted by Crippen LogP contribution is -2.05. The molecule has 2 heterocycles. The van der Waals surface area contributed by atoms with Crippen LogP contribution in [0.2, 0.25) is 0 Å². The van der Waals surface area contributed by atoms with Crippen molar-refractivity contribution < 1.29 is 9.66 Å². The van der Waals surface area contributed by atoms with Gasteiger partial charge in [0.15, 0.2) is 11.2 Å². The number of nitrogens with zero attached hydrogens (tertiary/aromatic N) is 5. The Morgan fingerprint density at radius 2 is 2.00 bits per heavy atom. The first-order valence-electron chi connectivity index (χ1n) is 7.06. The lowest BCUT2D eigenvalue weighted by molar-refractivity contribution is -0.384. The number of ether oxygens (including phenoxy) is 1. The van der Waals surface area contributed by atoms with Crippen LogP contribution in [0.25, 0.3) is 11.2 Å². The van der Waals surface area contributed by atoms with Gasteiger partial charge in [0.05, 0.1) is 17.9 Å². The van der Waals surface area contributed by atoms with Gasteiger partial charge in [-0.2, -0.15) is 4.98 Å². The predicted octanol–water partition coefficient (Wildman–Crippen LogP) is 2.20. The third kappa shape index (κ3) is 3.10. The zero-order chi connectivity index (χ0) is 16.4. The van der Waals surface area contributed by atoms with E-state index in [0.29, 0.717) is 30.2 Å². The molecule has 3 aromatic rings. The minimum Gasteiger partial charge on any atom is -0.476 e. The number of rotatable bonds is 5. The van der Waals surface area contributed by atoms with E-state index in [2.05, 4.69) is 15.0 Å². The van der Waals surface area contributed by atoms with Gasteiger partial charge in [-0.3, -0.25) is 10.1 Å². The van der Waals surface area contributed by atoms with Gasteiger partial charge in [0.2, 0.25) is 5.88 Å². The largest absolute Gasteiger partial charge is 0.476 e. The Bertz CT molecular complexity index is 857. The molecule has 0 aliphatic carbocycles. The first-order chi connectivity index (χ1) is 11.0. The van der Waals surface area contributed by atoms with E-state index in [0.717, 1.165) is 11.2 Å². The molecular formula is C15H15N5O3. The second-order valence-electron chi connectivity index (χ2n) is 5.13. The van der Waals surface area contributed by atoms with Crippen molar-refractivity contribution in [3.8, 4) is 5.88 Å². The van der Waals surface area contributed by atoms with Gasteiger partial charge in [0.1, 0.15) is 5.82 Å². The summed E-state index contributed by atoms with van der Waals surface area (Å²) in [7, 11) is 1.86. The molecule has 0 bridgehead atoms. The molecule has 0 fully saturated rings. The van der Waals surface area contributed by atoms with Crippen LogP contribution >= 0.6 is 0 Å². The summed E-state index contributed by atoms with van der Waals surface area (Å²) in [5.74, 6) is 1.07. The molecule has 8 heteroatoms. The Morgan fingerprint density at radius 3 is 2.70 bits per heavy atom. The van der Waals surface area contributed by atoms with E-state index in [1.165, 1.54) is 12.1 Å². The molecule has 3 rings (SSSR count). The highest BCUT2D eigenvalue weighted by Gasteiger charge is 2.11. The summed E-state index contributed by atoms with van der Waals surface area (Å²) in [5, 5.41) is 10.6. The number of imidazole rings is 1. The molecular weight excluding hydrogens is 298 g/mol. The van der Waals surface area contributed by atoms with Gasteiger partial charge in [0, 0.05) is 25.6 Å². The summed E-state index contributed by atoms with van der Waals surface area (Å²) in [4.78, 5) is 23.1. The number of aromatic nitrogens is 4. The average Bonchev–Trinajstić information content (AvgIpc) is 2.89. The lowest BCUT2D eigenvalue weighted by Gasteiger charge is -2.07. The third-order valence-corrected chi connectivity index (χ3v) is 3.42. The molecule has 2 aromatic heterocycles. The van der Waals surface area contributed by atoms with Gasteiger partial charge < -0.3 is 9.30 Å². The van der Waals surface area contributed by atoms with E-state index in [1.807, 2.05) is 11.6 Å². The molecule has 0 amide bonds. The number of hydrogen-bond acceptors (Lipinski definition) is 6. The molecule has 0 unspecified atom stereocenters. The Balaban J connectivity index is 1.70. The second kappa shape index (κ2) is 5.99. The maximum Gasteiger partial charge on any atom is 0.269 e. The van der Waals surface area contributed by atoms with Crippen LogP contribution in [-0.2, 0) is 13.5 Å². The monoisotopic (exact) mass is 313 g/mol. The Hall–Kier alpha value is -3.03. The second-order valence-corrected chi connectivity index (χ2v) is 5.13. The molecule has 0 N–H and O–H groups in total. The van der Waals surface area contributed by atoms with Crippen LogP contribution in [0, 0.1) is 17.0 Å². The van der Waals surface area contributed by atoms with E-state index < -0.39 is 4.92 Å². The van der Waals surface area contributed by atoms with Crippen molar-refractivity contribution in [2.75, 3.05) is 6.61 Å². The van der Waals surface area contributed by atoms with E-state index >= 15 is 0 Å². The van der Waals surface area contributed by atoms with Gasteiger partial charge in [-0.05, 0) is 12.5 Å². The highest BCUT2D eigenvalue weighted by Crippen LogP contribution is 2.20.